The number of hydrogen-bond acceptors (Lipinski definition) is 4. The zero-order valence-corrected chi connectivity index (χ0v) is 12.7. The van der Waals surface area contributed by atoms with Gasteiger partial charge in [0.2, 0.25) is 0 Å². The van der Waals surface area contributed by atoms with E-state index in [0.717, 1.165) is 6.92 Å². The second kappa shape index (κ2) is 19.0. The van der Waals surface area contributed by atoms with E-state index in [-0.39, 0.29) is 5.57 Å². The molecule has 0 saturated carbocycles. The summed E-state index contributed by atoms with van der Waals surface area (Å²) in [5.41, 5.74) is -0.352. The smallest absolute Gasteiger partial charge is 0.0726 e. The van der Waals surface area contributed by atoms with Crippen molar-refractivity contribution in [2.24, 2.45) is 0 Å². The first-order valence-corrected chi connectivity index (χ1v) is 6.61. The van der Waals surface area contributed by atoms with Crippen LogP contribution < -0.4 is 20.8 Å². The third kappa shape index (κ3) is 31.5. The summed E-state index contributed by atoms with van der Waals surface area (Å²) in [5.74, 6) is -3.03. The van der Waals surface area contributed by atoms with Crippen LogP contribution in [0.5, 0.6) is 0 Å². The number of nitrogens with two attached hydrogens (primary N) is 2. The largest absolute Gasteiger partial charge is 0.545 e. The van der Waals surface area contributed by atoms with Gasteiger partial charge in [0.15, 0.2) is 0 Å². The van der Waals surface area contributed by atoms with Crippen molar-refractivity contribution in [3.05, 3.63) is 11.6 Å². The molecule has 0 fully saturated rings. The van der Waals surface area contributed by atoms with E-state index in [9.17, 15) is 19.8 Å². The maximum atomic E-state index is 9.76. The third-order valence-corrected chi connectivity index (χ3v) is 1.81. The Morgan fingerprint density at radius 3 is 1.26 bits per heavy atom. The molecular formula is C13H28N2O4. The van der Waals surface area contributed by atoms with Gasteiger partial charge in [-0.05, 0) is 46.3 Å². The highest BCUT2D eigenvalue weighted by atomic mass is 16.4. The van der Waals surface area contributed by atoms with E-state index in [0.29, 0.717) is 6.08 Å². The number of rotatable bonds is 6. The van der Waals surface area contributed by atoms with Gasteiger partial charge >= 0.3 is 0 Å². The Balaban J connectivity index is -0.000000219. The molecule has 0 aliphatic rings. The number of carbonyl (C=O) groups is 2. The summed E-state index contributed by atoms with van der Waals surface area (Å²) in [4.78, 5) is 19.4. The SMILES string of the molecule is C/C(=C\C(=O)[O-])C(=O)[O-].CC[NH2+]CC.CC[NH2+]CC. The van der Waals surface area contributed by atoms with Crippen molar-refractivity contribution in [1.29, 1.82) is 0 Å². The number of carboxylic acids is 2. The first-order chi connectivity index (χ1) is 8.87. The van der Waals surface area contributed by atoms with E-state index in [4.69, 9.17) is 0 Å². The lowest BCUT2D eigenvalue weighted by Gasteiger charge is -2.00. The van der Waals surface area contributed by atoms with E-state index in [2.05, 4.69) is 38.3 Å². The number of hydrogen-bond donors (Lipinski definition) is 2. The summed E-state index contributed by atoms with van der Waals surface area (Å²) in [6.45, 7) is 14.6. The lowest BCUT2D eigenvalue weighted by Crippen LogP contribution is -2.82. The maximum absolute atomic E-state index is 9.76. The molecule has 6 nitrogen and oxygen atoms in total. The lowest BCUT2D eigenvalue weighted by atomic mass is 10.3. The predicted octanol–water partition coefficient (Wildman–Crippen LogP) is -3.39. The minimum Gasteiger partial charge on any atom is -0.545 e. The van der Waals surface area contributed by atoms with Crippen LogP contribution in [0.25, 0.3) is 0 Å². The first-order valence-electron chi connectivity index (χ1n) is 6.61. The van der Waals surface area contributed by atoms with Gasteiger partial charge in [0, 0.05) is 0 Å². The van der Waals surface area contributed by atoms with Gasteiger partial charge in [-0.25, -0.2) is 0 Å². The topological polar surface area (TPSA) is 113 Å². The van der Waals surface area contributed by atoms with Crippen molar-refractivity contribution in [1.82, 2.24) is 0 Å². The molecule has 4 N–H and O–H groups in total. The fourth-order valence-electron chi connectivity index (χ4n) is 0.813. The van der Waals surface area contributed by atoms with Crippen molar-refractivity contribution >= 4 is 11.9 Å². The molecule has 19 heavy (non-hydrogen) atoms. The molecule has 0 atom stereocenters. The minimum atomic E-state index is -1.53. The molecular weight excluding hydrogens is 248 g/mol. The van der Waals surface area contributed by atoms with E-state index in [1.54, 1.807) is 0 Å². The van der Waals surface area contributed by atoms with Gasteiger partial charge in [-0.1, -0.05) is 0 Å². The minimum absolute atomic E-state index is 0.352. The van der Waals surface area contributed by atoms with Crippen LogP contribution in [0.15, 0.2) is 11.6 Å². The van der Waals surface area contributed by atoms with Gasteiger partial charge in [0.05, 0.1) is 38.1 Å². The normalized spacial score (nSPS) is 9.63. The molecule has 0 aromatic rings. The molecule has 0 aliphatic carbocycles. The predicted molar refractivity (Wildman–Crippen MR) is 69.8 cm³/mol. The van der Waals surface area contributed by atoms with E-state index in [1.165, 1.54) is 26.2 Å². The van der Waals surface area contributed by atoms with Crippen LogP contribution >= 0.6 is 0 Å². The standard InChI is InChI=1S/C5H6O4.2C4H11N/c1-3(5(8)9)2-4(6)7;2*1-3-5-4-2/h2H,1H3,(H,6,7)(H,8,9);2*5H,3-4H2,1-2H3/b3-2+;;. The van der Waals surface area contributed by atoms with Gasteiger partial charge in [-0.3, -0.25) is 0 Å². The van der Waals surface area contributed by atoms with Crippen LogP contribution in [-0.4, -0.2) is 38.1 Å². The third-order valence-electron chi connectivity index (χ3n) is 1.81. The van der Waals surface area contributed by atoms with Crippen LogP contribution in [0, 0.1) is 0 Å². The van der Waals surface area contributed by atoms with Crippen molar-refractivity contribution in [2.45, 2.75) is 34.6 Å². The van der Waals surface area contributed by atoms with Crippen molar-refractivity contribution in [3.63, 3.8) is 0 Å². The van der Waals surface area contributed by atoms with Crippen LogP contribution in [-0.2, 0) is 9.59 Å². The molecule has 0 aromatic carbocycles. The fourth-order valence-corrected chi connectivity index (χ4v) is 0.813. The summed E-state index contributed by atoms with van der Waals surface area (Å²) in [7, 11) is 0. The molecule has 0 bridgehead atoms. The quantitative estimate of drug-likeness (QED) is 0.492. The number of carboxylic acid groups (broad SMARTS) is 2. The highest BCUT2D eigenvalue weighted by Gasteiger charge is 1.86. The Labute approximate surface area is 115 Å². The Kier molecular flexibility index (Phi) is 22.7. The average Bonchev–Trinajstić information content (AvgIpc) is 2.31. The zero-order chi connectivity index (χ0) is 15.7. The summed E-state index contributed by atoms with van der Waals surface area (Å²) in [6, 6.07) is 0. The first kappa shape index (κ1) is 22.8. The van der Waals surface area contributed by atoms with Crippen molar-refractivity contribution in [3.8, 4) is 0 Å². The molecule has 0 aromatic heterocycles. The van der Waals surface area contributed by atoms with E-state index in [1.807, 2.05) is 0 Å². The van der Waals surface area contributed by atoms with Gasteiger partial charge in [0.1, 0.15) is 0 Å². The fraction of sp³-hybridized carbons (Fsp3) is 0.692. The molecule has 0 unspecified atom stereocenters. The van der Waals surface area contributed by atoms with Gasteiger partial charge in [0.25, 0.3) is 0 Å². The van der Waals surface area contributed by atoms with Crippen molar-refractivity contribution in [2.75, 3.05) is 26.2 Å². The molecule has 0 spiro atoms. The molecule has 6 heteroatoms. The van der Waals surface area contributed by atoms with Crippen LogP contribution in [0.2, 0.25) is 0 Å². The summed E-state index contributed by atoms with van der Waals surface area (Å²) in [6.07, 6.45) is 0.468. The van der Waals surface area contributed by atoms with E-state index < -0.39 is 11.9 Å². The van der Waals surface area contributed by atoms with Crippen LogP contribution in [0.3, 0.4) is 0 Å². The Hall–Kier alpha value is -1.40. The Morgan fingerprint density at radius 1 is 0.895 bits per heavy atom. The highest BCUT2D eigenvalue weighted by Crippen LogP contribution is 1.86. The molecule has 0 amide bonds. The van der Waals surface area contributed by atoms with Gasteiger partial charge in [-0.2, -0.15) is 0 Å². The summed E-state index contributed by atoms with van der Waals surface area (Å²) in [5, 5.41) is 23.9. The molecule has 0 heterocycles. The molecule has 0 radical (unpaired) electrons. The highest BCUT2D eigenvalue weighted by molar-refractivity contribution is 5.92. The second-order valence-corrected chi connectivity index (χ2v) is 3.64. The molecule has 114 valence electrons. The summed E-state index contributed by atoms with van der Waals surface area (Å²) < 4.78 is 0. The lowest BCUT2D eigenvalue weighted by molar-refractivity contribution is -0.648. The average molecular weight is 276 g/mol. The number of quaternary nitrogens is 2. The molecule has 0 saturated heterocycles. The number of carbonyl (C=O) groups excluding carboxylic acids is 2. The summed E-state index contributed by atoms with van der Waals surface area (Å²) >= 11 is 0. The number of aliphatic carboxylic acids is 2. The van der Waals surface area contributed by atoms with Crippen molar-refractivity contribution < 1.29 is 30.4 Å². The van der Waals surface area contributed by atoms with Crippen LogP contribution in [0.1, 0.15) is 34.6 Å². The van der Waals surface area contributed by atoms with Crippen LogP contribution in [0.4, 0.5) is 0 Å². The Bertz CT molecular complexity index is 243. The maximum Gasteiger partial charge on any atom is 0.0726 e. The second-order valence-electron chi connectivity index (χ2n) is 3.64. The molecule has 0 aliphatic heterocycles. The zero-order valence-electron chi connectivity index (χ0n) is 12.7. The van der Waals surface area contributed by atoms with Gasteiger partial charge in [-0.15, -0.1) is 0 Å². The molecule has 0 rings (SSSR count). The monoisotopic (exact) mass is 276 g/mol. The van der Waals surface area contributed by atoms with E-state index >= 15 is 0 Å². The van der Waals surface area contributed by atoms with Gasteiger partial charge < -0.3 is 30.4 Å². The Morgan fingerprint density at radius 2 is 1.21 bits per heavy atom.